The predicted octanol–water partition coefficient (Wildman–Crippen LogP) is 0.450. The van der Waals surface area contributed by atoms with Crippen molar-refractivity contribution in [1.29, 1.82) is 5.26 Å². The molecule has 0 unspecified atom stereocenters. The van der Waals surface area contributed by atoms with E-state index in [2.05, 4.69) is 21.5 Å². The lowest BCUT2D eigenvalue weighted by molar-refractivity contribution is -0.131. The fourth-order valence-electron chi connectivity index (χ4n) is 3.44. The number of carbonyl (C=O) groups is 2. The molecule has 1 fully saturated rings. The summed E-state index contributed by atoms with van der Waals surface area (Å²) in [6.45, 7) is 0.763. The standard InChI is InChI=1S/C18H21FN8O2/c19-14-9-12(1-6-23-14)24-17-13(16(22)29)11-27(25-17)18(2-5-20)3-7-26(8-4-18)15(28)10-21/h1,6,9,11H,2-4,7-8,10,21H2,(H2,22,29)(H,23,24,25). The second-order valence-electron chi connectivity index (χ2n) is 6.84. The highest BCUT2D eigenvalue weighted by atomic mass is 19.1. The van der Waals surface area contributed by atoms with Crippen molar-refractivity contribution in [2.45, 2.75) is 24.8 Å². The lowest BCUT2D eigenvalue weighted by atomic mass is 9.85. The van der Waals surface area contributed by atoms with Gasteiger partial charge in [0.25, 0.3) is 5.91 Å². The van der Waals surface area contributed by atoms with E-state index in [1.165, 1.54) is 18.5 Å². The number of nitrogens with two attached hydrogens (primary N) is 2. The highest BCUT2D eigenvalue weighted by Gasteiger charge is 2.39. The number of hydrogen-bond donors (Lipinski definition) is 3. The Hall–Kier alpha value is -3.52. The summed E-state index contributed by atoms with van der Waals surface area (Å²) in [5.74, 6) is -1.40. The molecule has 2 aromatic heterocycles. The molecule has 0 atom stereocenters. The molecular formula is C18H21FN8O2. The number of primary amides is 1. The Morgan fingerprint density at radius 2 is 2.10 bits per heavy atom. The third kappa shape index (κ3) is 4.17. The van der Waals surface area contributed by atoms with Gasteiger partial charge in [0.15, 0.2) is 5.82 Å². The van der Waals surface area contributed by atoms with Crippen LogP contribution in [0, 0.1) is 17.3 Å². The summed E-state index contributed by atoms with van der Waals surface area (Å²) in [5, 5.41) is 16.7. The number of hydrogen-bond acceptors (Lipinski definition) is 7. The second kappa shape index (κ2) is 8.24. The maximum Gasteiger partial charge on any atom is 0.254 e. The molecule has 5 N–H and O–H groups in total. The molecule has 29 heavy (non-hydrogen) atoms. The molecule has 3 heterocycles. The monoisotopic (exact) mass is 400 g/mol. The summed E-state index contributed by atoms with van der Waals surface area (Å²) in [6.07, 6.45) is 3.84. The highest BCUT2D eigenvalue weighted by Crippen LogP contribution is 2.35. The zero-order chi connectivity index (χ0) is 21.0. The molecular weight excluding hydrogens is 379 g/mol. The molecule has 0 saturated carbocycles. The van der Waals surface area contributed by atoms with Crippen LogP contribution in [0.1, 0.15) is 29.6 Å². The van der Waals surface area contributed by atoms with E-state index in [9.17, 15) is 19.2 Å². The van der Waals surface area contributed by atoms with E-state index in [1.54, 1.807) is 9.58 Å². The molecule has 0 aromatic carbocycles. The van der Waals surface area contributed by atoms with Gasteiger partial charge in [-0.05, 0) is 18.9 Å². The summed E-state index contributed by atoms with van der Waals surface area (Å²) in [7, 11) is 0. The lowest BCUT2D eigenvalue weighted by Gasteiger charge is -2.40. The Kier molecular flexibility index (Phi) is 5.74. The van der Waals surface area contributed by atoms with E-state index in [0.717, 1.165) is 6.07 Å². The number of nitriles is 1. The van der Waals surface area contributed by atoms with Crippen LogP contribution in [-0.4, -0.2) is 51.1 Å². The van der Waals surface area contributed by atoms with Crippen molar-refractivity contribution in [3.63, 3.8) is 0 Å². The van der Waals surface area contributed by atoms with Crippen LogP contribution in [0.25, 0.3) is 0 Å². The molecule has 0 spiro atoms. The molecule has 3 rings (SSSR count). The van der Waals surface area contributed by atoms with Crippen LogP contribution in [0.15, 0.2) is 24.5 Å². The fraction of sp³-hybridized carbons (Fsp3) is 0.389. The first-order chi connectivity index (χ1) is 13.9. The molecule has 11 heteroatoms. The van der Waals surface area contributed by atoms with Crippen molar-refractivity contribution in [3.8, 4) is 6.07 Å². The first-order valence-corrected chi connectivity index (χ1v) is 9.02. The van der Waals surface area contributed by atoms with Gasteiger partial charge in [-0.3, -0.25) is 14.3 Å². The molecule has 2 amide bonds. The van der Waals surface area contributed by atoms with Gasteiger partial charge in [0.2, 0.25) is 11.9 Å². The molecule has 1 aliphatic rings. The molecule has 2 aromatic rings. The Labute approximate surface area is 166 Å². The van der Waals surface area contributed by atoms with Crippen LogP contribution in [0.3, 0.4) is 0 Å². The van der Waals surface area contributed by atoms with Crippen molar-refractivity contribution in [2.75, 3.05) is 25.0 Å². The number of carbonyl (C=O) groups excluding carboxylic acids is 2. The fourth-order valence-corrected chi connectivity index (χ4v) is 3.44. The topological polar surface area (TPSA) is 156 Å². The van der Waals surface area contributed by atoms with E-state index in [1.807, 2.05) is 0 Å². The summed E-state index contributed by atoms with van der Waals surface area (Å²) in [4.78, 5) is 28.9. The lowest BCUT2D eigenvalue weighted by Crippen LogP contribution is -2.49. The van der Waals surface area contributed by atoms with Crippen molar-refractivity contribution < 1.29 is 14.0 Å². The number of aromatic nitrogens is 3. The zero-order valence-corrected chi connectivity index (χ0v) is 15.6. The predicted molar refractivity (Wildman–Crippen MR) is 101 cm³/mol. The van der Waals surface area contributed by atoms with Crippen LogP contribution in [-0.2, 0) is 10.3 Å². The van der Waals surface area contributed by atoms with Crippen LogP contribution in [0.2, 0.25) is 0 Å². The summed E-state index contributed by atoms with van der Waals surface area (Å²) < 4.78 is 14.9. The molecule has 0 radical (unpaired) electrons. The highest BCUT2D eigenvalue weighted by molar-refractivity contribution is 5.98. The van der Waals surface area contributed by atoms with Crippen LogP contribution in [0.4, 0.5) is 15.9 Å². The molecule has 152 valence electrons. The quantitative estimate of drug-likeness (QED) is 0.594. The smallest absolute Gasteiger partial charge is 0.254 e. The number of piperidine rings is 1. The van der Waals surface area contributed by atoms with Gasteiger partial charge in [0.1, 0.15) is 5.56 Å². The first-order valence-electron chi connectivity index (χ1n) is 9.02. The van der Waals surface area contributed by atoms with Gasteiger partial charge in [-0.1, -0.05) is 0 Å². The van der Waals surface area contributed by atoms with E-state index < -0.39 is 17.4 Å². The third-order valence-corrected chi connectivity index (χ3v) is 5.08. The van der Waals surface area contributed by atoms with Gasteiger partial charge >= 0.3 is 0 Å². The molecule has 1 aliphatic heterocycles. The number of anilines is 2. The van der Waals surface area contributed by atoms with Crippen LogP contribution in [0.5, 0.6) is 0 Å². The molecule has 1 saturated heterocycles. The van der Waals surface area contributed by atoms with Crippen LogP contribution < -0.4 is 16.8 Å². The van der Waals surface area contributed by atoms with Gasteiger partial charge in [-0.15, -0.1) is 0 Å². The van der Waals surface area contributed by atoms with Crippen molar-refractivity contribution in [3.05, 3.63) is 36.0 Å². The largest absolute Gasteiger partial charge is 0.365 e. The number of nitrogens with zero attached hydrogens (tertiary/aromatic N) is 5. The van der Waals surface area contributed by atoms with Crippen molar-refractivity contribution in [1.82, 2.24) is 19.7 Å². The molecule has 10 nitrogen and oxygen atoms in total. The number of halogens is 1. The summed E-state index contributed by atoms with van der Waals surface area (Å²) >= 11 is 0. The molecule has 0 aliphatic carbocycles. The maximum atomic E-state index is 13.4. The van der Waals surface area contributed by atoms with Crippen LogP contribution >= 0.6 is 0 Å². The van der Waals surface area contributed by atoms with E-state index >= 15 is 0 Å². The van der Waals surface area contributed by atoms with E-state index in [4.69, 9.17) is 11.5 Å². The van der Waals surface area contributed by atoms with Gasteiger partial charge < -0.3 is 21.7 Å². The van der Waals surface area contributed by atoms with Gasteiger partial charge in [-0.2, -0.15) is 14.8 Å². The summed E-state index contributed by atoms with van der Waals surface area (Å²) in [5.41, 5.74) is 10.7. The normalized spacial score (nSPS) is 15.6. The van der Waals surface area contributed by atoms with E-state index in [0.29, 0.717) is 31.6 Å². The van der Waals surface area contributed by atoms with Crippen molar-refractivity contribution >= 4 is 23.3 Å². The van der Waals surface area contributed by atoms with Gasteiger partial charge in [0.05, 0.1) is 24.6 Å². The minimum absolute atomic E-state index is 0.0740. The van der Waals surface area contributed by atoms with Crippen molar-refractivity contribution in [2.24, 2.45) is 11.5 Å². The first kappa shape index (κ1) is 20.2. The number of nitrogens with one attached hydrogen (secondary N) is 1. The maximum absolute atomic E-state index is 13.4. The zero-order valence-electron chi connectivity index (χ0n) is 15.6. The Morgan fingerprint density at radius 3 is 2.69 bits per heavy atom. The Balaban J connectivity index is 1.93. The minimum Gasteiger partial charge on any atom is -0.365 e. The average Bonchev–Trinajstić information content (AvgIpc) is 3.13. The number of rotatable bonds is 6. The van der Waals surface area contributed by atoms with E-state index in [-0.39, 0.29) is 30.3 Å². The number of likely N-dealkylation sites (tertiary alicyclic amines) is 1. The second-order valence-corrected chi connectivity index (χ2v) is 6.84. The Bertz CT molecular complexity index is 959. The SMILES string of the molecule is N#CCC1(n2cc(C(N)=O)c(Nc3ccnc(F)c3)n2)CCN(C(=O)CN)CC1. The summed E-state index contributed by atoms with van der Waals surface area (Å²) in [6, 6.07) is 4.85. The average molecular weight is 400 g/mol. The van der Waals surface area contributed by atoms with Gasteiger partial charge in [-0.25, -0.2) is 4.98 Å². The Morgan fingerprint density at radius 1 is 1.38 bits per heavy atom. The molecule has 0 bridgehead atoms. The number of amides is 2. The van der Waals surface area contributed by atoms with Gasteiger partial charge in [0, 0.05) is 37.2 Å². The minimum atomic E-state index is -0.712. The number of pyridine rings is 1. The third-order valence-electron chi connectivity index (χ3n) is 5.08.